The molecule has 14 heavy (non-hydrogen) atoms. The van der Waals surface area contributed by atoms with Gasteiger partial charge in [-0.25, -0.2) is 4.79 Å². The van der Waals surface area contributed by atoms with Gasteiger partial charge in [-0.05, 0) is 19.3 Å². The summed E-state index contributed by atoms with van der Waals surface area (Å²) in [4.78, 5) is 22.9. The zero-order valence-corrected chi connectivity index (χ0v) is 8.92. The third-order valence-corrected chi connectivity index (χ3v) is 2.73. The van der Waals surface area contributed by atoms with Crippen molar-refractivity contribution in [3.05, 3.63) is 0 Å². The first kappa shape index (κ1) is 11.0. The molecule has 0 aromatic rings. The van der Waals surface area contributed by atoms with Gasteiger partial charge >= 0.3 is 6.09 Å². The Hall–Kier alpha value is -1.06. The number of hydrogen-bond acceptors (Lipinski definition) is 3. The normalized spacial score (nSPS) is 18.6. The number of Topliss-reactive ketones (excluding diaryl/α,β-unsaturated/α-hetero) is 1. The highest BCUT2D eigenvalue weighted by Crippen LogP contribution is 2.34. The van der Waals surface area contributed by atoms with Crippen molar-refractivity contribution in [2.75, 3.05) is 7.11 Å². The molecule has 1 fully saturated rings. The molecule has 0 saturated heterocycles. The predicted molar refractivity (Wildman–Crippen MR) is 54.1 cm³/mol. The van der Waals surface area contributed by atoms with Gasteiger partial charge in [0.25, 0.3) is 0 Å². The maximum Gasteiger partial charge on any atom is 0.407 e. The molecule has 0 unspecified atom stereocenters. The molecule has 0 aromatic heterocycles. The van der Waals surface area contributed by atoms with Crippen LogP contribution >= 0.6 is 0 Å². The number of alkyl carbamates (subject to hydrolysis) is 1. The number of ketones is 1. The molecule has 4 heteroatoms. The zero-order chi connectivity index (χ0) is 10.8. The molecular formula is C10H19NO3. The van der Waals surface area contributed by atoms with Crippen molar-refractivity contribution in [1.82, 2.24) is 5.32 Å². The van der Waals surface area contributed by atoms with Gasteiger partial charge in [0.15, 0.2) is 5.78 Å². The number of amides is 1. The van der Waals surface area contributed by atoms with Gasteiger partial charge in [-0.2, -0.15) is 0 Å². The molecule has 82 valence electrons. The summed E-state index contributed by atoms with van der Waals surface area (Å²) in [5.74, 6) is 0.0570. The molecule has 1 aliphatic rings. The maximum absolute atomic E-state index is 11.8. The molecule has 0 heterocycles. The van der Waals surface area contributed by atoms with E-state index >= 15 is 0 Å². The molecule has 1 N–H and O–H groups in total. The fourth-order valence-corrected chi connectivity index (χ4v) is 1.76. The van der Waals surface area contributed by atoms with E-state index in [1.54, 1.807) is 0 Å². The van der Waals surface area contributed by atoms with Crippen LogP contribution in [-0.4, -0.2) is 24.5 Å². The van der Waals surface area contributed by atoms with Crippen LogP contribution in [0.5, 0.6) is 0 Å². The van der Waals surface area contributed by atoms with Crippen molar-refractivity contribution >= 4 is 11.9 Å². The maximum atomic E-state index is 11.8. The summed E-state index contributed by atoms with van der Waals surface area (Å²) in [5, 5.41) is 2.65. The first-order valence-corrected chi connectivity index (χ1v) is 4.92. The average Bonchev–Trinajstić information content (AvgIpc) is 2.09. The van der Waals surface area contributed by atoms with Gasteiger partial charge in [0.05, 0.1) is 7.11 Å². The quantitative estimate of drug-likeness (QED) is 0.756. The minimum atomic E-state index is -0.638. The Balaban J connectivity index is 0.00000196. The summed E-state index contributed by atoms with van der Waals surface area (Å²) < 4.78 is 4.51. The summed E-state index contributed by atoms with van der Waals surface area (Å²) in [6.07, 6.45) is 1.94. The lowest BCUT2D eigenvalue weighted by molar-refractivity contribution is -0.131. The smallest absolute Gasteiger partial charge is 0.407 e. The Morgan fingerprint density at radius 1 is 1.43 bits per heavy atom. The zero-order valence-electron chi connectivity index (χ0n) is 8.92. The fourth-order valence-electron chi connectivity index (χ4n) is 1.76. The monoisotopic (exact) mass is 201 g/mol. The van der Waals surface area contributed by atoms with Gasteiger partial charge in [0.1, 0.15) is 5.54 Å². The molecule has 0 spiro atoms. The minimum absolute atomic E-state index is 0. The second-order valence-corrected chi connectivity index (χ2v) is 4.07. The minimum Gasteiger partial charge on any atom is -0.453 e. The fraction of sp³-hybridized carbons (Fsp3) is 0.800. The van der Waals surface area contributed by atoms with E-state index in [0.717, 1.165) is 19.3 Å². The van der Waals surface area contributed by atoms with Crippen molar-refractivity contribution in [3.8, 4) is 0 Å². The molecule has 0 aromatic carbocycles. The third-order valence-electron chi connectivity index (χ3n) is 2.73. The van der Waals surface area contributed by atoms with Crippen molar-refractivity contribution in [2.45, 2.75) is 38.6 Å². The van der Waals surface area contributed by atoms with Gasteiger partial charge in [-0.3, -0.25) is 4.79 Å². The summed E-state index contributed by atoms with van der Waals surface area (Å²) in [6, 6.07) is 0. The molecule has 1 aliphatic carbocycles. The van der Waals surface area contributed by atoms with Crippen molar-refractivity contribution in [1.29, 1.82) is 0 Å². The van der Waals surface area contributed by atoms with Gasteiger partial charge in [-0.15, -0.1) is 0 Å². The van der Waals surface area contributed by atoms with Crippen LogP contribution < -0.4 is 5.32 Å². The van der Waals surface area contributed by atoms with Gasteiger partial charge in [0, 0.05) is 7.34 Å². The Morgan fingerprint density at radius 3 is 2.29 bits per heavy atom. The lowest BCUT2D eigenvalue weighted by atomic mass is 9.71. The van der Waals surface area contributed by atoms with E-state index < -0.39 is 11.6 Å². The summed E-state index contributed by atoms with van der Waals surface area (Å²) in [6.45, 7) is 3.70. The standard InChI is InChI=1S/C10H17NO3.H2/c1-7(2)8(12)10(5-4-6-10)11-9(13)14-3;/h7H,4-6H2,1-3H3,(H,11,13);1H. The Kier molecular flexibility index (Phi) is 3.13. The second kappa shape index (κ2) is 3.98. The Morgan fingerprint density at radius 2 is 2.00 bits per heavy atom. The largest absolute Gasteiger partial charge is 0.453 e. The highest BCUT2D eigenvalue weighted by atomic mass is 16.5. The average molecular weight is 201 g/mol. The second-order valence-electron chi connectivity index (χ2n) is 4.07. The van der Waals surface area contributed by atoms with E-state index in [0.29, 0.717) is 0 Å². The number of ether oxygens (including phenoxy) is 1. The number of carbonyl (C=O) groups is 2. The lowest BCUT2D eigenvalue weighted by Crippen LogP contribution is -2.60. The van der Waals surface area contributed by atoms with Crippen molar-refractivity contribution in [3.63, 3.8) is 0 Å². The number of hydrogen-bond donors (Lipinski definition) is 1. The molecule has 0 aliphatic heterocycles. The van der Waals surface area contributed by atoms with E-state index in [1.807, 2.05) is 13.8 Å². The number of carbonyl (C=O) groups excluding carboxylic acids is 2. The van der Waals surface area contributed by atoms with Gasteiger partial charge in [-0.1, -0.05) is 13.8 Å². The van der Waals surface area contributed by atoms with Gasteiger partial charge < -0.3 is 10.1 Å². The Labute approximate surface area is 85.5 Å². The molecular weight excluding hydrogens is 182 g/mol. The van der Waals surface area contributed by atoms with Crippen LogP contribution in [-0.2, 0) is 9.53 Å². The molecule has 1 rings (SSSR count). The molecule has 1 saturated carbocycles. The van der Waals surface area contributed by atoms with E-state index in [9.17, 15) is 9.59 Å². The van der Waals surface area contributed by atoms with Crippen molar-refractivity contribution in [2.24, 2.45) is 5.92 Å². The molecule has 0 atom stereocenters. The van der Waals surface area contributed by atoms with Crippen LogP contribution in [0.2, 0.25) is 0 Å². The Bertz CT molecular complexity index is 249. The van der Waals surface area contributed by atoms with Crippen LogP contribution in [0.25, 0.3) is 0 Å². The highest BCUT2D eigenvalue weighted by molar-refractivity contribution is 5.93. The molecule has 0 bridgehead atoms. The van der Waals surface area contributed by atoms with Crippen LogP contribution in [0.3, 0.4) is 0 Å². The van der Waals surface area contributed by atoms with E-state index in [4.69, 9.17) is 0 Å². The number of methoxy groups -OCH3 is 1. The number of rotatable bonds is 3. The van der Waals surface area contributed by atoms with Gasteiger partial charge in [0.2, 0.25) is 0 Å². The summed E-state index contributed by atoms with van der Waals surface area (Å²) in [5.41, 5.74) is -0.638. The summed E-state index contributed by atoms with van der Waals surface area (Å²) in [7, 11) is 1.31. The van der Waals surface area contributed by atoms with Crippen LogP contribution in [0.15, 0.2) is 0 Å². The van der Waals surface area contributed by atoms with E-state index in [2.05, 4.69) is 10.1 Å². The third kappa shape index (κ3) is 1.89. The van der Waals surface area contributed by atoms with Crippen LogP contribution in [0.1, 0.15) is 34.5 Å². The van der Waals surface area contributed by atoms with E-state index in [-0.39, 0.29) is 13.1 Å². The number of nitrogens with one attached hydrogen (secondary N) is 1. The predicted octanol–water partition coefficient (Wildman–Crippen LogP) is 1.74. The first-order valence-electron chi connectivity index (χ1n) is 4.92. The summed E-state index contributed by atoms with van der Waals surface area (Å²) >= 11 is 0. The van der Waals surface area contributed by atoms with Crippen LogP contribution in [0, 0.1) is 5.92 Å². The highest BCUT2D eigenvalue weighted by Gasteiger charge is 2.46. The lowest BCUT2D eigenvalue weighted by Gasteiger charge is -2.41. The SMILES string of the molecule is COC(=O)NC1(C(=O)C(C)C)CCC1.[HH]. The molecule has 4 nitrogen and oxygen atoms in total. The van der Waals surface area contributed by atoms with Crippen molar-refractivity contribution < 1.29 is 15.8 Å². The molecule has 0 radical (unpaired) electrons. The first-order chi connectivity index (χ1) is 6.52. The molecule has 1 amide bonds. The topological polar surface area (TPSA) is 55.4 Å². The van der Waals surface area contributed by atoms with E-state index in [1.165, 1.54) is 7.11 Å². The van der Waals surface area contributed by atoms with Crippen LogP contribution in [0.4, 0.5) is 4.79 Å².